The molecule has 0 fully saturated rings. The van der Waals surface area contributed by atoms with Gasteiger partial charge in [0.25, 0.3) is 0 Å². The molecule has 8 nitrogen and oxygen atoms in total. The van der Waals surface area contributed by atoms with E-state index in [1.165, 1.54) is 12.2 Å². The van der Waals surface area contributed by atoms with Crippen LogP contribution in [0.25, 0.3) is 0 Å². The summed E-state index contributed by atoms with van der Waals surface area (Å²) < 4.78 is 25.9. The maximum atomic E-state index is 11.4. The minimum Gasteiger partial charge on any atom is -0.460 e. The van der Waals surface area contributed by atoms with Crippen LogP contribution in [0, 0.1) is 11.3 Å². The minimum absolute atomic E-state index is 0.0180. The molecule has 0 aromatic rings. The molecule has 0 saturated carbocycles. The van der Waals surface area contributed by atoms with Crippen LogP contribution in [-0.2, 0) is 33.3 Å². The van der Waals surface area contributed by atoms with Crippen molar-refractivity contribution in [3.63, 3.8) is 0 Å². The van der Waals surface area contributed by atoms with E-state index in [1.54, 1.807) is 13.8 Å². The Morgan fingerprint density at radius 3 is 2.00 bits per heavy atom. The zero-order valence-corrected chi connectivity index (χ0v) is 15.9. The standard InChI is InChI=1S/C19H27NO7/c1-15(2)18(21)26-13-11-24-9-8-23-10-12-25-17(6-5-7-20)14-27-19(22)16(3)4/h5-6,17H,1,3,8-14H2,2,4H3. The molecule has 0 radical (unpaired) electrons. The predicted octanol–water partition coefficient (Wildman–Crippen LogP) is 1.72. The van der Waals surface area contributed by atoms with Crippen LogP contribution in [0.1, 0.15) is 13.8 Å². The molecule has 0 heterocycles. The smallest absolute Gasteiger partial charge is 0.333 e. The Bertz CT molecular complexity index is 563. The lowest BCUT2D eigenvalue weighted by Gasteiger charge is -2.14. The van der Waals surface area contributed by atoms with Crippen molar-refractivity contribution in [2.45, 2.75) is 20.0 Å². The van der Waals surface area contributed by atoms with Crippen LogP contribution in [0.3, 0.4) is 0 Å². The van der Waals surface area contributed by atoms with Crippen LogP contribution in [0.15, 0.2) is 36.5 Å². The maximum absolute atomic E-state index is 11.4. The molecule has 0 spiro atoms. The third-order valence-electron chi connectivity index (χ3n) is 2.85. The average Bonchev–Trinajstić information content (AvgIpc) is 2.63. The first-order valence-corrected chi connectivity index (χ1v) is 8.37. The molecular weight excluding hydrogens is 354 g/mol. The Labute approximate surface area is 160 Å². The first-order chi connectivity index (χ1) is 12.9. The summed E-state index contributed by atoms with van der Waals surface area (Å²) in [6, 6.07) is 1.85. The number of hydrogen-bond donors (Lipinski definition) is 0. The van der Waals surface area contributed by atoms with Gasteiger partial charge in [-0.2, -0.15) is 5.26 Å². The van der Waals surface area contributed by atoms with E-state index in [1.807, 2.05) is 6.07 Å². The summed E-state index contributed by atoms with van der Waals surface area (Å²) in [6.45, 7) is 11.7. The second-order valence-corrected chi connectivity index (χ2v) is 5.42. The van der Waals surface area contributed by atoms with E-state index < -0.39 is 18.0 Å². The number of ether oxygens (including phenoxy) is 5. The summed E-state index contributed by atoms with van der Waals surface area (Å²) in [5.74, 6) is -0.961. The Hall–Kier alpha value is -2.47. The largest absolute Gasteiger partial charge is 0.460 e. The van der Waals surface area contributed by atoms with Crippen LogP contribution >= 0.6 is 0 Å². The van der Waals surface area contributed by atoms with Gasteiger partial charge in [0.2, 0.25) is 0 Å². The fourth-order valence-electron chi connectivity index (χ4n) is 1.49. The van der Waals surface area contributed by atoms with Crippen molar-refractivity contribution in [3.8, 4) is 6.07 Å². The molecule has 0 aromatic heterocycles. The Balaban J connectivity index is 3.76. The van der Waals surface area contributed by atoms with Crippen LogP contribution < -0.4 is 0 Å². The summed E-state index contributed by atoms with van der Waals surface area (Å²) in [5, 5.41) is 8.58. The molecule has 1 unspecified atom stereocenters. The molecule has 1 atom stereocenters. The molecule has 0 amide bonds. The van der Waals surface area contributed by atoms with Crippen LogP contribution in [0.5, 0.6) is 0 Å². The summed E-state index contributed by atoms with van der Waals surface area (Å²) in [7, 11) is 0. The second-order valence-electron chi connectivity index (χ2n) is 5.42. The van der Waals surface area contributed by atoms with Crippen molar-refractivity contribution in [2.24, 2.45) is 0 Å². The Morgan fingerprint density at radius 2 is 1.44 bits per heavy atom. The highest BCUT2D eigenvalue weighted by molar-refractivity contribution is 5.87. The van der Waals surface area contributed by atoms with Crippen LogP contribution in [0.2, 0.25) is 0 Å². The number of hydrogen-bond acceptors (Lipinski definition) is 8. The zero-order valence-electron chi connectivity index (χ0n) is 15.9. The van der Waals surface area contributed by atoms with E-state index in [-0.39, 0.29) is 32.0 Å². The average molecular weight is 381 g/mol. The summed E-state index contributed by atoms with van der Waals surface area (Å²) in [4.78, 5) is 22.5. The zero-order chi connectivity index (χ0) is 20.5. The van der Waals surface area contributed by atoms with E-state index >= 15 is 0 Å². The maximum Gasteiger partial charge on any atom is 0.333 e. The van der Waals surface area contributed by atoms with Crippen molar-refractivity contribution in [1.82, 2.24) is 0 Å². The van der Waals surface area contributed by atoms with Crippen molar-refractivity contribution < 1.29 is 33.3 Å². The van der Waals surface area contributed by atoms with Crippen LogP contribution in [-0.4, -0.2) is 64.3 Å². The van der Waals surface area contributed by atoms with Gasteiger partial charge in [0.15, 0.2) is 0 Å². The molecule has 0 aliphatic rings. The lowest BCUT2D eigenvalue weighted by molar-refractivity contribution is -0.142. The van der Waals surface area contributed by atoms with Crippen molar-refractivity contribution >= 4 is 11.9 Å². The summed E-state index contributed by atoms with van der Waals surface area (Å²) in [6.07, 6.45) is 2.21. The molecule has 0 rings (SSSR count). The molecule has 0 aliphatic carbocycles. The normalized spacial score (nSPS) is 11.6. The number of allylic oxidation sites excluding steroid dienone is 1. The minimum atomic E-state index is -0.546. The fourth-order valence-corrected chi connectivity index (χ4v) is 1.49. The Morgan fingerprint density at radius 1 is 0.926 bits per heavy atom. The quantitative estimate of drug-likeness (QED) is 0.183. The van der Waals surface area contributed by atoms with E-state index in [4.69, 9.17) is 28.9 Å². The monoisotopic (exact) mass is 381 g/mol. The van der Waals surface area contributed by atoms with Gasteiger partial charge in [-0.1, -0.05) is 13.2 Å². The predicted molar refractivity (Wildman–Crippen MR) is 97.7 cm³/mol. The molecular formula is C19H27NO7. The van der Waals surface area contributed by atoms with E-state index in [0.29, 0.717) is 25.4 Å². The number of rotatable bonds is 15. The number of esters is 2. The summed E-state index contributed by atoms with van der Waals surface area (Å²) >= 11 is 0. The van der Waals surface area contributed by atoms with Gasteiger partial charge < -0.3 is 23.7 Å². The fraction of sp³-hybridized carbons (Fsp3) is 0.526. The highest BCUT2D eigenvalue weighted by Crippen LogP contribution is 2.00. The van der Waals surface area contributed by atoms with Gasteiger partial charge in [-0.25, -0.2) is 9.59 Å². The molecule has 0 aromatic carbocycles. The second kappa shape index (κ2) is 15.8. The first-order valence-electron chi connectivity index (χ1n) is 8.37. The molecule has 0 saturated heterocycles. The topological polar surface area (TPSA) is 104 Å². The molecule has 0 bridgehead atoms. The van der Waals surface area contributed by atoms with Crippen LogP contribution in [0.4, 0.5) is 0 Å². The van der Waals surface area contributed by atoms with Crippen molar-refractivity contribution in [2.75, 3.05) is 46.2 Å². The number of nitrogens with zero attached hydrogens (tertiary/aromatic N) is 1. The van der Waals surface area contributed by atoms with Crippen molar-refractivity contribution in [3.05, 3.63) is 36.5 Å². The van der Waals surface area contributed by atoms with Gasteiger partial charge in [0, 0.05) is 17.2 Å². The Kier molecular flexibility index (Phi) is 14.3. The molecule has 150 valence electrons. The lowest BCUT2D eigenvalue weighted by atomic mass is 10.3. The van der Waals surface area contributed by atoms with E-state index in [9.17, 15) is 9.59 Å². The van der Waals surface area contributed by atoms with Gasteiger partial charge in [-0.05, 0) is 19.9 Å². The van der Waals surface area contributed by atoms with Gasteiger partial charge in [0.05, 0.1) is 39.1 Å². The number of nitriles is 1. The third kappa shape index (κ3) is 14.4. The van der Waals surface area contributed by atoms with E-state index in [2.05, 4.69) is 13.2 Å². The third-order valence-corrected chi connectivity index (χ3v) is 2.85. The number of carbonyl (C=O) groups is 2. The van der Waals surface area contributed by atoms with Gasteiger partial charge in [-0.3, -0.25) is 0 Å². The van der Waals surface area contributed by atoms with E-state index in [0.717, 1.165) is 0 Å². The summed E-state index contributed by atoms with van der Waals surface area (Å²) in [5.41, 5.74) is 0.631. The van der Waals surface area contributed by atoms with Gasteiger partial charge >= 0.3 is 11.9 Å². The van der Waals surface area contributed by atoms with Gasteiger partial charge in [-0.15, -0.1) is 0 Å². The first kappa shape index (κ1) is 24.5. The molecule has 0 N–H and O–H groups in total. The molecule has 0 aliphatic heterocycles. The highest BCUT2D eigenvalue weighted by atomic mass is 16.6. The lowest BCUT2D eigenvalue weighted by Crippen LogP contribution is -2.22. The van der Waals surface area contributed by atoms with Crippen molar-refractivity contribution in [1.29, 1.82) is 5.26 Å². The number of carbonyl (C=O) groups excluding carboxylic acids is 2. The SMILES string of the molecule is C=C(C)C(=O)OCCOCCOCCOC(C=CC#N)COC(=O)C(=C)C. The highest BCUT2D eigenvalue weighted by Gasteiger charge is 2.10. The molecule has 8 heteroatoms. The molecule has 27 heavy (non-hydrogen) atoms. The van der Waals surface area contributed by atoms with Gasteiger partial charge in [0.1, 0.15) is 19.3 Å².